The summed E-state index contributed by atoms with van der Waals surface area (Å²) < 4.78 is 0. The highest BCUT2D eigenvalue weighted by Crippen LogP contribution is 2.28. The van der Waals surface area contributed by atoms with E-state index in [0.717, 1.165) is 36.2 Å². The predicted octanol–water partition coefficient (Wildman–Crippen LogP) is 2.55. The molecule has 0 aliphatic carbocycles. The predicted molar refractivity (Wildman–Crippen MR) is 95.6 cm³/mol. The lowest BCUT2D eigenvalue weighted by molar-refractivity contribution is 0.215. The topological polar surface area (TPSA) is 39.3 Å². The number of H-pyrrole nitrogens is 1. The van der Waals surface area contributed by atoms with Crippen LogP contribution in [-0.2, 0) is 6.54 Å². The summed E-state index contributed by atoms with van der Waals surface area (Å²) in [4.78, 5) is 20.5. The summed E-state index contributed by atoms with van der Waals surface area (Å²) in [5, 5.41) is 0.767. The minimum Gasteiger partial charge on any atom is -0.357 e. The first-order valence-electron chi connectivity index (χ1n) is 8.45. The van der Waals surface area contributed by atoms with Crippen LogP contribution in [0.5, 0.6) is 0 Å². The fraction of sp³-hybridized carbons (Fsp3) is 0.526. The number of benzene rings is 1. The van der Waals surface area contributed by atoms with Gasteiger partial charge in [-0.05, 0) is 38.1 Å². The lowest BCUT2D eigenvalue weighted by Crippen LogP contribution is -2.37. The minimum absolute atomic E-state index is 0.109. The maximum Gasteiger partial charge on any atom is 0.189 e. The Labute approximate surface area is 138 Å². The first-order chi connectivity index (χ1) is 11.0. The van der Waals surface area contributed by atoms with Gasteiger partial charge in [-0.15, -0.1) is 0 Å². The summed E-state index contributed by atoms with van der Waals surface area (Å²) >= 11 is 0. The van der Waals surface area contributed by atoms with Gasteiger partial charge in [-0.25, -0.2) is 0 Å². The van der Waals surface area contributed by atoms with Crippen LogP contribution < -0.4 is 5.43 Å². The lowest BCUT2D eigenvalue weighted by Gasteiger charge is -2.27. The number of hydrogen-bond acceptors (Lipinski definition) is 3. The van der Waals surface area contributed by atoms with E-state index in [4.69, 9.17) is 0 Å². The van der Waals surface area contributed by atoms with Crippen molar-refractivity contribution in [3.05, 3.63) is 46.2 Å². The zero-order valence-corrected chi connectivity index (χ0v) is 14.5. The van der Waals surface area contributed by atoms with Crippen molar-refractivity contribution in [1.82, 2.24) is 14.8 Å². The number of nitrogens with zero attached hydrogens (tertiary/aromatic N) is 2. The van der Waals surface area contributed by atoms with Crippen molar-refractivity contribution in [1.29, 1.82) is 0 Å². The van der Waals surface area contributed by atoms with Crippen LogP contribution in [0.2, 0.25) is 0 Å². The standard InChI is InChI=1S/C19H27N3O/c1-13(2)16-11-22(12-18(16)21(3)4)10-14-9-19(23)15-7-5-6-8-17(15)20-14/h5-9,13,16,18H,10-12H2,1-4H3,(H,20,23)/t16-,18+/m0/s1. The molecule has 1 aromatic carbocycles. The number of aromatic nitrogens is 1. The number of likely N-dealkylation sites (N-methyl/N-ethyl adjacent to an activating group) is 1. The SMILES string of the molecule is CC(C)[C@@H]1CN(Cc2cc(=O)c3ccccc3[nH]2)C[C@H]1N(C)C. The summed E-state index contributed by atoms with van der Waals surface area (Å²) in [5.74, 6) is 1.35. The molecule has 0 amide bonds. The van der Waals surface area contributed by atoms with Crippen LogP contribution in [0.4, 0.5) is 0 Å². The van der Waals surface area contributed by atoms with Gasteiger partial charge in [-0.2, -0.15) is 0 Å². The van der Waals surface area contributed by atoms with Gasteiger partial charge < -0.3 is 9.88 Å². The average molecular weight is 313 g/mol. The van der Waals surface area contributed by atoms with E-state index in [1.165, 1.54) is 0 Å². The van der Waals surface area contributed by atoms with E-state index in [2.05, 4.69) is 42.7 Å². The van der Waals surface area contributed by atoms with Gasteiger partial charge in [-0.1, -0.05) is 26.0 Å². The molecule has 0 spiro atoms. The normalized spacial score (nSPS) is 22.5. The number of rotatable bonds is 4. The Kier molecular flexibility index (Phi) is 4.55. The highest BCUT2D eigenvalue weighted by atomic mass is 16.1. The number of likely N-dealkylation sites (tertiary alicyclic amines) is 1. The Hall–Kier alpha value is -1.65. The third-order valence-electron chi connectivity index (χ3n) is 5.12. The van der Waals surface area contributed by atoms with Gasteiger partial charge in [-0.3, -0.25) is 9.69 Å². The molecule has 3 rings (SSSR count). The van der Waals surface area contributed by atoms with Crippen molar-refractivity contribution < 1.29 is 0 Å². The number of pyridine rings is 1. The van der Waals surface area contributed by atoms with Crippen LogP contribution in [0.3, 0.4) is 0 Å². The van der Waals surface area contributed by atoms with E-state index in [1.807, 2.05) is 24.3 Å². The molecule has 0 radical (unpaired) electrons. The zero-order valence-electron chi connectivity index (χ0n) is 14.5. The largest absolute Gasteiger partial charge is 0.357 e. The molecule has 0 saturated carbocycles. The third-order valence-corrected chi connectivity index (χ3v) is 5.12. The second-order valence-corrected chi connectivity index (χ2v) is 7.34. The number of aromatic amines is 1. The Bertz CT molecular complexity index is 719. The molecule has 4 nitrogen and oxygen atoms in total. The van der Waals surface area contributed by atoms with Crippen molar-refractivity contribution in [3.8, 4) is 0 Å². The third kappa shape index (κ3) is 3.33. The summed E-state index contributed by atoms with van der Waals surface area (Å²) in [6.07, 6.45) is 0. The Morgan fingerprint density at radius 1 is 1.26 bits per heavy atom. The van der Waals surface area contributed by atoms with Crippen molar-refractivity contribution >= 4 is 10.9 Å². The fourth-order valence-electron chi connectivity index (χ4n) is 3.80. The van der Waals surface area contributed by atoms with Crippen LogP contribution in [-0.4, -0.2) is 48.0 Å². The van der Waals surface area contributed by atoms with Crippen LogP contribution >= 0.6 is 0 Å². The molecular formula is C19H27N3O. The maximum atomic E-state index is 12.3. The van der Waals surface area contributed by atoms with Gasteiger partial charge in [0.05, 0.1) is 0 Å². The van der Waals surface area contributed by atoms with Crippen LogP contribution in [0.1, 0.15) is 19.5 Å². The fourth-order valence-corrected chi connectivity index (χ4v) is 3.80. The second kappa shape index (κ2) is 6.46. The van der Waals surface area contributed by atoms with Gasteiger partial charge in [0.25, 0.3) is 0 Å². The summed E-state index contributed by atoms with van der Waals surface area (Å²) in [5.41, 5.74) is 2.05. The minimum atomic E-state index is 0.109. The Morgan fingerprint density at radius 2 is 2.00 bits per heavy atom. The molecule has 0 bridgehead atoms. The molecule has 1 fully saturated rings. The number of nitrogens with one attached hydrogen (secondary N) is 1. The number of fused-ring (bicyclic) bond motifs is 1. The quantitative estimate of drug-likeness (QED) is 0.943. The Balaban J connectivity index is 1.81. The molecule has 1 aliphatic heterocycles. The first-order valence-corrected chi connectivity index (χ1v) is 8.45. The molecule has 2 heterocycles. The molecule has 4 heteroatoms. The van der Waals surface area contributed by atoms with Gasteiger partial charge in [0.1, 0.15) is 0 Å². The summed E-state index contributed by atoms with van der Waals surface area (Å²) in [6, 6.07) is 10.1. The van der Waals surface area contributed by atoms with E-state index in [1.54, 1.807) is 6.07 Å². The Morgan fingerprint density at radius 3 is 2.65 bits per heavy atom. The molecular weight excluding hydrogens is 286 g/mol. The molecule has 23 heavy (non-hydrogen) atoms. The molecule has 0 unspecified atom stereocenters. The van der Waals surface area contributed by atoms with Crippen molar-refractivity contribution in [2.24, 2.45) is 11.8 Å². The molecule has 1 saturated heterocycles. The molecule has 2 aromatic rings. The van der Waals surface area contributed by atoms with E-state index in [-0.39, 0.29) is 5.43 Å². The van der Waals surface area contributed by atoms with Gasteiger partial charge in [0.2, 0.25) is 0 Å². The van der Waals surface area contributed by atoms with Crippen LogP contribution in [0, 0.1) is 11.8 Å². The van der Waals surface area contributed by atoms with Crippen LogP contribution in [0.15, 0.2) is 35.1 Å². The molecule has 1 aliphatic rings. The summed E-state index contributed by atoms with van der Waals surface area (Å²) in [7, 11) is 4.34. The number of hydrogen-bond donors (Lipinski definition) is 1. The van der Waals surface area contributed by atoms with Crippen LogP contribution in [0.25, 0.3) is 10.9 Å². The molecule has 124 valence electrons. The van der Waals surface area contributed by atoms with E-state index < -0.39 is 0 Å². The van der Waals surface area contributed by atoms with Crippen molar-refractivity contribution in [2.45, 2.75) is 26.4 Å². The first kappa shape index (κ1) is 16.2. The molecule has 2 atom stereocenters. The van der Waals surface area contributed by atoms with Crippen molar-refractivity contribution in [2.75, 3.05) is 27.2 Å². The van der Waals surface area contributed by atoms with E-state index >= 15 is 0 Å². The maximum absolute atomic E-state index is 12.3. The van der Waals surface area contributed by atoms with Crippen molar-refractivity contribution in [3.63, 3.8) is 0 Å². The van der Waals surface area contributed by atoms with E-state index in [9.17, 15) is 4.79 Å². The highest BCUT2D eigenvalue weighted by Gasteiger charge is 2.35. The van der Waals surface area contributed by atoms with Gasteiger partial charge >= 0.3 is 0 Å². The molecule has 1 N–H and O–H groups in total. The smallest absolute Gasteiger partial charge is 0.189 e. The average Bonchev–Trinajstić information content (AvgIpc) is 2.92. The lowest BCUT2D eigenvalue weighted by atomic mass is 9.91. The highest BCUT2D eigenvalue weighted by molar-refractivity contribution is 5.78. The molecule has 1 aromatic heterocycles. The van der Waals surface area contributed by atoms with Gasteiger partial charge in [0, 0.05) is 48.3 Å². The zero-order chi connectivity index (χ0) is 16.6. The monoisotopic (exact) mass is 313 g/mol. The second-order valence-electron chi connectivity index (χ2n) is 7.34. The van der Waals surface area contributed by atoms with E-state index in [0.29, 0.717) is 17.9 Å². The summed E-state index contributed by atoms with van der Waals surface area (Å²) in [6.45, 7) is 7.58. The van der Waals surface area contributed by atoms with Gasteiger partial charge in [0.15, 0.2) is 5.43 Å². The number of para-hydroxylation sites is 1.